The summed E-state index contributed by atoms with van der Waals surface area (Å²) in [7, 11) is 0. The van der Waals surface area contributed by atoms with Crippen molar-refractivity contribution in [2.45, 2.75) is 12.8 Å². The first-order valence-corrected chi connectivity index (χ1v) is 9.13. The van der Waals surface area contributed by atoms with Gasteiger partial charge in [-0.05, 0) is 29.3 Å². The number of phenolic OH excluding ortho intramolecular Hbond substituents is 1. The highest BCUT2D eigenvalue weighted by atomic mass is 16.3. The predicted molar refractivity (Wildman–Crippen MR) is 111 cm³/mol. The third kappa shape index (κ3) is 3.47. The van der Waals surface area contributed by atoms with Gasteiger partial charge in [0, 0.05) is 22.7 Å². The smallest absolute Gasteiger partial charge is 0.132 e. The van der Waals surface area contributed by atoms with Crippen molar-refractivity contribution in [2.24, 2.45) is 0 Å². The van der Waals surface area contributed by atoms with Crippen molar-refractivity contribution in [1.82, 2.24) is 4.98 Å². The first-order valence-electron chi connectivity index (χ1n) is 9.13. The van der Waals surface area contributed by atoms with Crippen LogP contribution in [-0.2, 0) is 0 Å². The van der Waals surface area contributed by atoms with Crippen molar-refractivity contribution in [2.75, 3.05) is 0 Å². The molecule has 4 aromatic rings. The van der Waals surface area contributed by atoms with Crippen LogP contribution >= 0.6 is 0 Å². The number of pyridine rings is 1. The van der Waals surface area contributed by atoms with Gasteiger partial charge in [0.05, 0.1) is 5.69 Å². The maximum Gasteiger partial charge on any atom is 0.132 e. The number of aromatic hydroxyl groups is 1. The molecule has 0 bridgehead atoms. The SMILES string of the molecule is CC(c1ccccc1)c1cccc(-c2cccc(-c3ccccc3)c2O)n1. The number of hydrogen-bond donors (Lipinski definition) is 1. The molecule has 0 fully saturated rings. The Morgan fingerprint density at radius 3 is 2.04 bits per heavy atom. The molecule has 1 N–H and O–H groups in total. The Balaban J connectivity index is 1.75. The molecule has 0 saturated carbocycles. The molecule has 0 aliphatic heterocycles. The number of rotatable bonds is 4. The Bertz CT molecular complexity index is 1040. The van der Waals surface area contributed by atoms with Crippen LogP contribution in [0.15, 0.2) is 97.1 Å². The van der Waals surface area contributed by atoms with E-state index in [0.717, 1.165) is 28.1 Å². The average molecular weight is 351 g/mol. The number of para-hydroxylation sites is 1. The molecule has 0 aliphatic carbocycles. The van der Waals surface area contributed by atoms with Crippen molar-refractivity contribution in [1.29, 1.82) is 0 Å². The molecule has 4 rings (SSSR count). The molecule has 2 nitrogen and oxygen atoms in total. The van der Waals surface area contributed by atoms with Crippen molar-refractivity contribution in [3.05, 3.63) is 108 Å². The third-order valence-corrected chi connectivity index (χ3v) is 4.91. The maximum absolute atomic E-state index is 10.9. The van der Waals surface area contributed by atoms with Gasteiger partial charge >= 0.3 is 0 Å². The van der Waals surface area contributed by atoms with Gasteiger partial charge in [-0.1, -0.05) is 85.8 Å². The zero-order valence-corrected chi connectivity index (χ0v) is 15.2. The van der Waals surface area contributed by atoms with Gasteiger partial charge in [0.25, 0.3) is 0 Å². The molecule has 0 radical (unpaired) electrons. The van der Waals surface area contributed by atoms with Crippen molar-refractivity contribution in [3.63, 3.8) is 0 Å². The Morgan fingerprint density at radius 2 is 1.30 bits per heavy atom. The minimum Gasteiger partial charge on any atom is -0.507 e. The Kier molecular flexibility index (Phi) is 4.71. The van der Waals surface area contributed by atoms with Gasteiger partial charge in [-0.2, -0.15) is 0 Å². The van der Waals surface area contributed by atoms with Crippen molar-refractivity contribution in [3.8, 4) is 28.1 Å². The fourth-order valence-corrected chi connectivity index (χ4v) is 3.36. The summed E-state index contributed by atoms with van der Waals surface area (Å²) in [6.07, 6.45) is 0. The van der Waals surface area contributed by atoms with Crippen LogP contribution in [0.1, 0.15) is 24.1 Å². The summed E-state index contributed by atoms with van der Waals surface area (Å²) in [4.78, 5) is 4.85. The van der Waals surface area contributed by atoms with Crippen LogP contribution in [0.3, 0.4) is 0 Å². The summed E-state index contributed by atoms with van der Waals surface area (Å²) in [5.41, 5.74) is 5.55. The molecule has 0 saturated heterocycles. The first kappa shape index (κ1) is 17.0. The Hall–Kier alpha value is -3.39. The largest absolute Gasteiger partial charge is 0.507 e. The van der Waals surface area contributed by atoms with E-state index >= 15 is 0 Å². The van der Waals surface area contributed by atoms with Gasteiger partial charge in [-0.25, -0.2) is 0 Å². The Labute approximate surface area is 159 Å². The summed E-state index contributed by atoms with van der Waals surface area (Å²) in [5.74, 6) is 0.450. The summed E-state index contributed by atoms with van der Waals surface area (Å²) >= 11 is 0. The quantitative estimate of drug-likeness (QED) is 0.470. The predicted octanol–water partition coefficient (Wildman–Crippen LogP) is 6.27. The maximum atomic E-state index is 10.9. The van der Waals surface area contributed by atoms with Crippen LogP contribution < -0.4 is 0 Å². The lowest BCUT2D eigenvalue weighted by Gasteiger charge is -2.14. The monoisotopic (exact) mass is 351 g/mol. The van der Waals surface area contributed by atoms with Gasteiger partial charge in [0.2, 0.25) is 0 Å². The van der Waals surface area contributed by atoms with Crippen LogP contribution in [0.4, 0.5) is 0 Å². The summed E-state index contributed by atoms with van der Waals surface area (Å²) in [6.45, 7) is 2.15. The standard InChI is InChI=1S/C25H21NO/c1-18(19-10-4-2-5-11-19)23-16-9-17-24(26-23)22-15-8-14-21(25(22)27)20-12-6-3-7-13-20/h2-18,27H,1H3. The molecule has 3 aromatic carbocycles. The molecule has 0 spiro atoms. The van der Waals surface area contributed by atoms with Gasteiger partial charge in [-0.15, -0.1) is 0 Å². The normalized spacial score (nSPS) is 11.9. The molecule has 0 aliphatic rings. The fraction of sp³-hybridized carbons (Fsp3) is 0.0800. The lowest BCUT2D eigenvalue weighted by atomic mass is 9.96. The zero-order valence-electron chi connectivity index (χ0n) is 15.2. The highest BCUT2D eigenvalue weighted by Crippen LogP contribution is 2.37. The first-order chi connectivity index (χ1) is 13.2. The van der Waals surface area contributed by atoms with E-state index in [-0.39, 0.29) is 11.7 Å². The van der Waals surface area contributed by atoms with E-state index < -0.39 is 0 Å². The molecule has 27 heavy (non-hydrogen) atoms. The molecular weight excluding hydrogens is 330 g/mol. The molecular formula is C25H21NO. The van der Waals surface area contributed by atoms with Crippen LogP contribution in [0.2, 0.25) is 0 Å². The molecule has 1 atom stereocenters. The topological polar surface area (TPSA) is 33.1 Å². The lowest BCUT2D eigenvalue weighted by molar-refractivity contribution is 0.479. The van der Waals surface area contributed by atoms with E-state index in [0.29, 0.717) is 0 Å². The number of nitrogens with zero attached hydrogens (tertiary/aromatic N) is 1. The van der Waals surface area contributed by atoms with E-state index in [9.17, 15) is 5.11 Å². The summed E-state index contributed by atoms with van der Waals surface area (Å²) in [6, 6.07) is 32.1. The van der Waals surface area contributed by atoms with Gasteiger partial charge in [-0.3, -0.25) is 4.98 Å². The molecule has 1 aromatic heterocycles. The number of hydrogen-bond acceptors (Lipinski definition) is 2. The van der Waals surface area contributed by atoms with E-state index in [2.05, 4.69) is 19.1 Å². The molecule has 1 unspecified atom stereocenters. The molecule has 132 valence electrons. The van der Waals surface area contributed by atoms with Gasteiger partial charge in [0.1, 0.15) is 5.75 Å². The highest BCUT2D eigenvalue weighted by molar-refractivity contribution is 5.80. The van der Waals surface area contributed by atoms with E-state index in [1.807, 2.05) is 84.9 Å². The van der Waals surface area contributed by atoms with Gasteiger partial charge < -0.3 is 5.11 Å². The minimum atomic E-state index is 0.186. The van der Waals surface area contributed by atoms with E-state index in [1.165, 1.54) is 5.56 Å². The second-order valence-corrected chi connectivity index (χ2v) is 6.65. The number of benzene rings is 3. The molecule has 1 heterocycles. The number of aromatic nitrogens is 1. The summed E-state index contributed by atoms with van der Waals surface area (Å²) < 4.78 is 0. The van der Waals surface area contributed by atoms with Crippen LogP contribution in [-0.4, -0.2) is 10.1 Å². The van der Waals surface area contributed by atoms with Gasteiger partial charge in [0.15, 0.2) is 0 Å². The van der Waals surface area contributed by atoms with Crippen LogP contribution in [0.5, 0.6) is 5.75 Å². The second kappa shape index (κ2) is 7.46. The fourth-order valence-electron chi connectivity index (χ4n) is 3.36. The van der Waals surface area contributed by atoms with Crippen LogP contribution in [0, 0.1) is 0 Å². The van der Waals surface area contributed by atoms with Crippen LogP contribution in [0.25, 0.3) is 22.4 Å². The van der Waals surface area contributed by atoms with E-state index in [4.69, 9.17) is 4.98 Å². The highest BCUT2D eigenvalue weighted by Gasteiger charge is 2.14. The Morgan fingerprint density at radius 1 is 0.667 bits per heavy atom. The third-order valence-electron chi connectivity index (χ3n) is 4.91. The number of phenols is 1. The van der Waals surface area contributed by atoms with Crippen molar-refractivity contribution < 1.29 is 5.11 Å². The summed E-state index contributed by atoms with van der Waals surface area (Å²) in [5, 5.41) is 10.9. The second-order valence-electron chi connectivity index (χ2n) is 6.65. The van der Waals surface area contributed by atoms with E-state index in [1.54, 1.807) is 0 Å². The average Bonchev–Trinajstić information content (AvgIpc) is 2.75. The van der Waals surface area contributed by atoms with Crippen molar-refractivity contribution >= 4 is 0 Å². The molecule has 0 amide bonds. The zero-order chi connectivity index (χ0) is 18.6. The minimum absolute atomic E-state index is 0.186. The lowest BCUT2D eigenvalue weighted by Crippen LogP contribution is -2.00. The molecule has 2 heteroatoms.